The van der Waals surface area contributed by atoms with Crippen LogP contribution in [0.2, 0.25) is 0 Å². The Bertz CT molecular complexity index is 626. The molecule has 3 nitrogen and oxygen atoms in total. The molecule has 2 N–H and O–H groups in total. The molecule has 3 heteroatoms. The minimum absolute atomic E-state index is 0.0903. The van der Waals surface area contributed by atoms with Gasteiger partial charge >= 0.3 is 0 Å². The Kier molecular flexibility index (Phi) is 2.67. The van der Waals surface area contributed by atoms with E-state index in [1.54, 1.807) is 6.07 Å². The summed E-state index contributed by atoms with van der Waals surface area (Å²) in [5.41, 5.74) is 10.2. The van der Waals surface area contributed by atoms with Crippen molar-refractivity contribution in [2.24, 2.45) is 0 Å². The average Bonchev–Trinajstić information content (AvgIpc) is 2.84. The van der Waals surface area contributed by atoms with E-state index >= 15 is 0 Å². The molecule has 18 heavy (non-hydrogen) atoms. The van der Waals surface area contributed by atoms with Crippen molar-refractivity contribution in [3.8, 4) is 0 Å². The van der Waals surface area contributed by atoms with Gasteiger partial charge in [0.1, 0.15) is 0 Å². The third-order valence-corrected chi connectivity index (χ3v) is 3.57. The lowest BCUT2D eigenvalue weighted by atomic mass is 10.1. The zero-order valence-electron chi connectivity index (χ0n) is 10.2. The molecule has 1 aliphatic rings. The van der Waals surface area contributed by atoms with Crippen molar-refractivity contribution in [1.29, 1.82) is 0 Å². The standard InChI is InChI=1S/C15H16N2O/c16-13-7-4-11(5-8-13)10-17-14-3-1-2-12(14)6-9-15(17)18/h4-9H,1-3,10,16H2. The summed E-state index contributed by atoms with van der Waals surface area (Å²) in [5, 5.41) is 0. The van der Waals surface area contributed by atoms with E-state index in [0.29, 0.717) is 6.54 Å². The van der Waals surface area contributed by atoms with Crippen LogP contribution in [0.25, 0.3) is 0 Å². The smallest absolute Gasteiger partial charge is 0.251 e. The Morgan fingerprint density at radius 3 is 2.61 bits per heavy atom. The van der Waals surface area contributed by atoms with Gasteiger partial charge in [0.25, 0.3) is 5.56 Å². The third-order valence-electron chi connectivity index (χ3n) is 3.57. The molecule has 1 aromatic heterocycles. The molecule has 0 spiro atoms. The normalized spacial score (nSPS) is 13.6. The van der Waals surface area contributed by atoms with Crippen LogP contribution in [0.15, 0.2) is 41.2 Å². The molecule has 0 amide bonds. The maximum atomic E-state index is 12.0. The van der Waals surface area contributed by atoms with Gasteiger partial charge < -0.3 is 10.3 Å². The maximum Gasteiger partial charge on any atom is 0.251 e. The van der Waals surface area contributed by atoms with Crippen LogP contribution < -0.4 is 11.3 Å². The van der Waals surface area contributed by atoms with E-state index in [4.69, 9.17) is 5.73 Å². The quantitative estimate of drug-likeness (QED) is 0.816. The van der Waals surface area contributed by atoms with Gasteiger partial charge in [-0.3, -0.25) is 4.79 Å². The Hall–Kier alpha value is -2.03. The van der Waals surface area contributed by atoms with Crippen LogP contribution >= 0.6 is 0 Å². The molecular weight excluding hydrogens is 224 g/mol. The van der Waals surface area contributed by atoms with E-state index in [1.807, 2.05) is 34.9 Å². The molecule has 0 aliphatic heterocycles. The lowest BCUT2D eigenvalue weighted by molar-refractivity contribution is 0.707. The van der Waals surface area contributed by atoms with Gasteiger partial charge in [-0.15, -0.1) is 0 Å². The van der Waals surface area contributed by atoms with E-state index < -0.39 is 0 Å². The number of rotatable bonds is 2. The first-order valence-corrected chi connectivity index (χ1v) is 6.30. The highest BCUT2D eigenvalue weighted by atomic mass is 16.1. The van der Waals surface area contributed by atoms with E-state index in [9.17, 15) is 4.79 Å². The number of anilines is 1. The fourth-order valence-corrected chi connectivity index (χ4v) is 2.61. The zero-order valence-corrected chi connectivity index (χ0v) is 10.2. The first kappa shape index (κ1) is 11.1. The summed E-state index contributed by atoms with van der Waals surface area (Å²) in [6.07, 6.45) is 3.26. The predicted octanol–water partition coefficient (Wildman–Crippen LogP) is 1.97. The molecule has 0 atom stereocenters. The third kappa shape index (κ3) is 1.92. The highest BCUT2D eigenvalue weighted by Crippen LogP contribution is 2.20. The van der Waals surface area contributed by atoms with Gasteiger partial charge in [-0.2, -0.15) is 0 Å². The van der Waals surface area contributed by atoms with Crippen molar-refractivity contribution < 1.29 is 0 Å². The van der Waals surface area contributed by atoms with Gasteiger partial charge in [-0.05, 0) is 42.5 Å². The van der Waals surface area contributed by atoms with Crippen LogP contribution in [-0.2, 0) is 19.4 Å². The Morgan fingerprint density at radius 2 is 1.83 bits per heavy atom. The first-order valence-electron chi connectivity index (χ1n) is 6.30. The van der Waals surface area contributed by atoms with Crippen LogP contribution in [0.3, 0.4) is 0 Å². The molecule has 1 aliphatic carbocycles. The maximum absolute atomic E-state index is 12.0. The molecule has 1 aromatic carbocycles. The van der Waals surface area contributed by atoms with Crippen LogP contribution in [-0.4, -0.2) is 4.57 Å². The van der Waals surface area contributed by atoms with E-state index in [-0.39, 0.29) is 5.56 Å². The van der Waals surface area contributed by atoms with E-state index in [2.05, 4.69) is 0 Å². The fourth-order valence-electron chi connectivity index (χ4n) is 2.61. The summed E-state index contributed by atoms with van der Waals surface area (Å²) < 4.78 is 1.90. The van der Waals surface area contributed by atoms with Crippen molar-refractivity contribution in [1.82, 2.24) is 4.57 Å². The molecule has 0 radical (unpaired) electrons. The van der Waals surface area contributed by atoms with Crippen molar-refractivity contribution in [3.63, 3.8) is 0 Å². The number of pyridine rings is 1. The number of nitrogen functional groups attached to an aromatic ring is 1. The van der Waals surface area contributed by atoms with E-state index in [0.717, 1.165) is 30.5 Å². The number of hydrogen-bond donors (Lipinski definition) is 1. The first-order chi connectivity index (χ1) is 8.74. The number of hydrogen-bond acceptors (Lipinski definition) is 2. The second-order valence-electron chi connectivity index (χ2n) is 4.82. The summed E-state index contributed by atoms with van der Waals surface area (Å²) in [7, 11) is 0. The van der Waals surface area contributed by atoms with Crippen molar-refractivity contribution in [2.75, 3.05) is 5.73 Å². The minimum atomic E-state index is 0.0903. The van der Waals surface area contributed by atoms with Crippen molar-refractivity contribution in [3.05, 3.63) is 63.6 Å². The van der Waals surface area contributed by atoms with Gasteiger partial charge in [0.15, 0.2) is 0 Å². The van der Waals surface area contributed by atoms with Crippen molar-refractivity contribution in [2.45, 2.75) is 25.8 Å². The molecule has 92 valence electrons. The lowest BCUT2D eigenvalue weighted by Gasteiger charge is -2.12. The average molecular weight is 240 g/mol. The Balaban J connectivity index is 2.00. The van der Waals surface area contributed by atoms with Crippen LogP contribution in [0.4, 0.5) is 5.69 Å². The molecule has 0 bridgehead atoms. The van der Waals surface area contributed by atoms with Gasteiger partial charge in [-0.25, -0.2) is 0 Å². The predicted molar refractivity (Wildman–Crippen MR) is 72.7 cm³/mol. The topological polar surface area (TPSA) is 48.0 Å². The molecule has 1 heterocycles. The van der Waals surface area contributed by atoms with Gasteiger partial charge in [0.05, 0.1) is 6.54 Å². The number of aromatic nitrogens is 1. The summed E-state index contributed by atoms with van der Waals surface area (Å²) in [5.74, 6) is 0. The number of benzene rings is 1. The molecule has 0 saturated heterocycles. The number of fused-ring (bicyclic) bond motifs is 1. The van der Waals surface area contributed by atoms with Gasteiger partial charge in [0, 0.05) is 17.4 Å². The second-order valence-corrected chi connectivity index (χ2v) is 4.82. The minimum Gasteiger partial charge on any atom is -0.399 e. The molecule has 3 rings (SSSR count). The van der Waals surface area contributed by atoms with Crippen LogP contribution in [0.1, 0.15) is 23.2 Å². The fraction of sp³-hybridized carbons (Fsp3) is 0.267. The number of aryl methyl sites for hydroxylation is 1. The number of nitrogens with zero attached hydrogens (tertiary/aromatic N) is 1. The van der Waals surface area contributed by atoms with E-state index in [1.165, 1.54) is 11.3 Å². The Labute approximate surface area is 106 Å². The highest BCUT2D eigenvalue weighted by Gasteiger charge is 2.15. The van der Waals surface area contributed by atoms with Gasteiger partial charge in [0.2, 0.25) is 0 Å². The van der Waals surface area contributed by atoms with Gasteiger partial charge in [-0.1, -0.05) is 18.2 Å². The molecule has 0 unspecified atom stereocenters. The van der Waals surface area contributed by atoms with Crippen LogP contribution in [0, 0.1) is 0 Å². The molecule has 0 saturated carbocycles. The number of nitrogens with two attached hydrogens (primary N) is 1. The zero-order chi connectivity index (χ0) is 12.5. The highest BCUT2D eigenvalue weighted by molar-refractivity contribution is 5.39. The second kappa shape index (κ2) is 4.33. The SMILES string of the molecule is Nc1ccc(Cn2c3c(ccc2=O)CCC3)cc1. The molecule has 2 aromatic rings. The summed E-state index contributed by atoms with van der Waals surface area (Å²) in [6, 6.07) is 11.4. The lowest BCUT2D eigenvalue weighted by Crippen LogP contribution is -2.23. The summed E-state index contributed by atoms with van der Waals surface area (Å²) >= 11 is 0. The molecule has 0 fully saturated rings. The van der Waals surface area contributed by atoms with Crippen LogP contribution in [0.5, 0.6) is 0 Å². The monoisotopic (exact) mass is 240 g/mol. The summed E-state index contributed by atoms with van der Waals surface area (Å²) in [4.78, 5) is 12.0. The Morgan fingerprint density at radius 1 is 1.06 bits per heavy atom. The van der Waals surface area contributed by atoms with Crippen molar-refractivity contribution >= 4 is 5.69 Å². The summed E-state index contributed by atoms with van der Waals surface area (Å²) in [6.45, 7) is 0.641. The largest absolute Gasteiger partial charge is 0.399 e. The molecular formula is C15H16N2O.